The molecule has 0 saturated carbocycles. The Labute approximate surface area is 171 Å². The molecule has 0 bridgehead atoms. The van der Waals surface area contributed by atoms with Crippen LogP contribution in [0.3, 0.4) is 0 Å². The molecule has 0 atom stereocenters. The highest BCUT2D eigenvalue weighted by atomic mass is 15.2. The molecule has 3 aromatic rings. The smallest absolute Gasteiger partial charge is 0.0457 e. The predicted octanol–water partition coefficient (Wildman–Crippen LogP) is 7.24. The van der Waals surface area contributed by atoms with E-state index in [0.29, 0.717) is 24.2 Å². The highest BCUT2D eigenvalue weighted by Crippen LogP contribution is 2.40. The molecule has 0 radical (unpaired) electrons. The summed E-state index contributed by atoms with van der Waals surface area (Å²) >= 11 is 0. The summed E-state index contributed by atoms with van der Waals surface area (Å²) in [5.41, 5.74) is 2.68. The number of rotatable bonds is 6. The first kappa shape index (κ1) is 20.5. The summed E-state index contributed by atoms with van der Waals surface area (Å²) in [4.78, 5) is 5.10. The molecule has 150 valence electrons. The summed E-state index contributed by atoms with van der Waals surface area (Å²) in [6.07, 6.45) is 0. The Morgan fingerprint density at radius 1 is 0.464 bits per heavy atom. The van der Waals surface area contributed by atoms with E-state index in [2.05, 4.69) is 114 Å². The van der Waals surface area contributed by atoms with Crippen LogP contribution in [0.15, 0.2) is 48.5 Å². The van der Waals surface area contributed by atoms with Crippen molar-refractivity contribution in [2.24, 2.45) is 0 Å². The van der Waals surface area contributed by atoms with Crippen molar-refractivity contribution in [1.82, 2.24) is 0 Å². The average molecular weight is 377 g/mol. The highest BCUT2D eigenvalue weighted by molar-refractivity contribution is 6.18. The molecule has 0 aliphatic carbocycles. The van der Waals surface area contributed by atoms with Gasteiger partial charge in [0.2, 0.25) is 0 Å². The Morgan fingerprint density at radius 3 is 1.07 bits per heavy atom. The zero-order valence-electron chi connectivity index (χ0n) is 18.8. The van der Waals surface area contributed by atoms with Gasteiger partial charge in [-0.05, 0) is 78.3 Å². The number of benzene rings is 3. The fraction of sp³-hybridized carbons (Fsp3) is 0.462. The van der Waals surface area contributed by atoms with E-state index < -0.39 is 0 Å². The van der Waals surface area contributed by atoms with E-state index in [9.17, 15) is 0 Å². The SMILES string of the molecule is CC(C)N(c1cccc2ccc3cccc(N(C(C)C)C(C)C)c3c12)C(C)C. The Kier molecular flexibility index (Phi) is 5.88. The molecule has 2 heteroatoms. The molecule has 0 heterocycles. The highest BCUT2D eigenvalue weighted by Gasteiger charge is 2.22. The molecule has 2 nitrogen and oxygen atoms in total. The average Bonchev–Trinajstić information content (AvgIpc) is 2.60. The number of fused-ring (bicyclic) bond motifs is 3. The van der Waals surface area contributed by atoms with Gasteiger partial charge in [-0.15, -0.1) is 0 Å². The fourth-order valence-electron chi connectivity index (χ4n) is 4.85. The lowest BCUT2D eigenvalue weighted by Gasteiger charge is -2.36. The van der Waals surface area contributed by atoms with Crippen molar-refractivity contribution in [1.29, 1.82) is 0 Å². The Morgan fingerprint density at radius 2 is 0.786 bits per heavy atom. The molecule has 28 heavy (non-hydrogen) atoms. The summed E-state index contributed by atoms with van der Waals surface area (Å²) in [6.45, 7) is 18.3. The maximum Gasteiger partial charge on any atom is 0.0457 e. The van der Waals surface area contributed by atoms with Gasteiger partial charge in [0.15, 0.2) is 0 Å². The quantitative estimate of drug-likeness (QED) is 0.418. The second kappa shape index (κ2) is 8.03. The third kappa shape index (κ3) is 3.57. The summed E-state index contributed by atoms with van der Waals surface area (Å²) in [6, 6.07) is 19.8. The molecule has 3 rings (SSSR count). The fourth-order valence-corrected chi connectivity index (χ4v) is 4.85. The van der Waals surface area contributed by atoms with E-state index in [4.69, 9.17) is 0 Å². The summed E-state index contributed by atoms with van der Waals surface area (Å²) in [5.74, 6) is 0. The first-order chi connectivity index (χ1) is 13.2. The van der Waals surface area contributed by atoms with Gasteiger partial charge in [-0.25, -0.2) is 0 Å². The van der Waals surface area contributed by atoms with Gasteiger partial charge in [0.25, 0.3) is 0 Å². The van der Waals surface area contributed by atoms with Crippen LogP contribution in [0.1, 0.15) is 55.4 Å². The minimum atomic E-state index is 0.444. The Balaban J connectivity index is 2.46. The van der Waals surface area contributed by atoms with E-state index in [1.54, 1.807) is 0 Å². The lowest BCUT2D eigenvalue weighted by atomic mass is 9.96. The van der Waals surface area contributed by atoms with Crippen LogP contribution in [0.25, 0.3) is 21.5 Å². The van der Waals surface area contributed by atoms with Crippen LogP contribution in [0.4, 0.5) is 11.4 Å². The zero-order chi connectivity index (χ0) is 20.6. The van der Waals surface area contributed by atoms with E-state index in [-0.39, 0.29) is 0 Å². The standard InChI is InChI=1S/C26H36N2/c1-17(2)27(18(3)4)23-13-9-11-21-15-16-22-12-10-14-24(26(22)25(21)23)28(19(5)6)20(7)8/h9-20H,1-8H3. The van der Waals surface area contributed by atoms with Crippen molar-refractivity contribution >= 4 is 32.9 Å². The summed E-state index contributed by atoms with van der Waals surface area (Å²) in [7, 11) is 0. The van der Waals surface area contributed by atoms with E-state index >= 15 is 0 Å². The summed E-state index contributed by atoms with van der Waals surface area (Å²) < 4.78 is 0. The third-order valence-electron chi connectivity index (χ3n) is 5.62. The first-order valence-corrected chi connectivity index (χ1v) is 10.7. The van der Waals surface area contributed by atoms with Gasteiger partial charge in [-0.3, -0.25) is 0 Å². The van der Waals surface area contributed by atoms with E-state index in [0.717, 1.165) is 0 Å². The number of hydrogen-bond donors (Lipinski definition) is 0. The van der Waals surface area contributed by atoms with Crippen molar-refractivity contribution < 1.29 is 0 Å². The van der Waals surface area contributed by atoms with Crippen LogP contribution in [-0.2, 0) is 0 Å². The number of nitrogens with zero attached hydrogens (tertiary/aromatic N) is 2. The minimum absolute atomic E-state index is 0.444. The molecule has 0 unspecified atom stereocenters. The Hall–Kier alpha value is -2.22. The topological polar surface area (TPSA) is 6.48 Å². The van der Waals surface area contributed by atoms with Gasteiger partial charge < -0.3 is 9.80 Å². The van der Waals surface area contributed by atoms with Crippen LogP contribution in [-0.4, -0.2) is 24.2 Å². The third-order valence-corrected chi connectivity index (χ3v) is 5.62. The van der Waals surface area contributed by atoms with Crippen LogP contribution < -0.4 is 9.80 Å². The van der Waals surface area contributed by atoms with Gasteiger partial charge in [-0.1, -0.05) is 36.4 Å². The molecule has 0 fully saturated rings. The van der Waals surface area contributed by atoms with Crippen LogP contribution in [0.2, 0.25) is 0 Å². The van der Waals surface area contributed by atoms with Crippen LogP contribution in [0.5, 0.6) is 0 Å². The second-order valence-electron chi connectivity index (χ2n) is 9.01. The minimum Gasteiger partial charge on any atom is -0.366 e. The first-order valence-electron chi connectivity index (χ1n) is 10.7. The van der Waals surface area contributed by atoms with Crippen LogP contribution in [0, 0.1) is 0 Å². The van der Waals surface area contributed by atoms with Crippen molar-refractivity contribution in [2.75, 3.05) is 9.80 Å². The Bertz CT molecular complexity index is 858. The lowest BCUT2D eigenvalue weighted by molar-refractivity contribution is 0.608. The lowest BCUT2D eigenvalue weighted by Crippen LogP contribution is -2.38. The predicted molar refractivity (Wildman–Crippen MR) is 127 cm³/mol. The van der Waals surface area contributed by atoms with E-state index in [1.165, 1.54) is 32.9 Å². The van der Waals surface area contributed by atoms with Gasteiger partial charge >= 0.3 is 0 Å². The monoisotopic (exact) mass is 376 g/mol. The molecule has 0 N–H and O–H groups in total. The molecular formula is C26H36N2. The number of anilines is 2. The van der Waals surface area contributed by atoms with Gasteiger partial charge in [-0.2, -0.15) is 0 Å². The maximum atomic E-state index is 2.55. The molecule has 0 amide bonds. The van der Waals surface area contributed by atoms with E-state index in [1.807, 2.05) is 0 Å². The van der Waals surface area contributed by atoms with Crippen molar-refractivity contribution in [3.63, 3.8) is 0 Å². The summed E-state index contributed by atoms with van der Waals surface area (Å²) in [5, 5.41) is 5.39. The molecule has 0 aliphatic rings. The molecular weight excluding hydrogens is 340 g/mol. The van der Waals surface area contributed by atoms with Crippen molar-refractivity contribution in [2.45, 2.75) is 79.6 Å². The molecule has 0 spiro atoms. The normalized spacial score (nSPS) is 12.1. The van der Waals surface area contributed by atoms with Crippen LogP contribution >= 0.6 is 0 Å². The van der Waals surface area contributed by atoms with Gasteiger partial charge in [0.05, 0.1) is 0 Å². The van der Waals surface area contributed by atoms with Gasteiger partial charge in [0, 0.05) is 46.3 Å². The largest absolute Gasteiger partial charge is 0.366 e. The molecule has 0 aromatic heterocycles. The molecule has 0 saturated heterocycles. The van der Waals surface area contributed by atoms with Gasteiger partial charge in [0.1, 0.15) is 0 Å². The van der Waals surface area contributed by atoms with Crippen molar-refractivity contribution in [3.8, 4) is 0 Å². The maximum absolute atomic E-state index is 2.55. The number of hydrogen-bond acceptors (Lipinski definition) is 2. The molecule has 3 aromatic carbocycles. The van der Waals surface area contributed by atoms with Crippen molar-refractivity contribution in [3.05, 3.63) is 48.5 Å². The zero-order valence-corrected chi connectivity index (χ0v) is 18.8. The molecule has 0 aliphatic heterocycles. The second-order valence-corrected chi connectivity index (χ2v) is 9.01.